The topological polar surface area (TPSA) is 70.8 Å². The Morgan fingerprint density at radius 2 is 1.92 bits per heavy atom. The van der Waals surface area contributed by atoms with Gasteiger partial charge in [0.25, 0.3) is 0 Å². The van der Waals surface area contributed by atoms with Gasteiger partial charge in [-0.2, -0.15) is 0 Å². The van der Waals surface area contributed by atoms with Crippen molar-refractivity contribution in [1.82, 2.24) is 9.80 Å². The lowest BCUT2D eigenvalue weighted by atomic mass is 9.90. The average molecular weight is 346 g/mol. The van der Waals surface area contributed by atoms with E-state index in [0.717, 1.165) is 58.0 Å². The first-order valence-corrected chi connectivity index (χ1v) is 9.18. The minimum atomic E-state index is 0.0437. The summed E-state index contributed by atoms with van der Waals surface area (Å²) in [6.07, 6.45) is 1.06. The minimum Gasteiger partial charge on any atom is -0.379 e. The van der Waals surface area contributed by atoms with E-state index in [-0.39, 0.29) is 11.3 Å². The van der Waals surface area contributed by atoms with E-state index in [0.29, 0.717) is 13.1 Å². The number of nitrogens with one attached hydrogen (secondary N) is 1. The molecule has 0 spiro atoms. The van der Waals surface area contributed by atoms with Gasteiger partial charge in [-0.05, 0) is 42.6 Å². The molecule has 0 radical (unpaired) electrons. The first-order valence-electron chi connectivity index (χ1n) is 9.18. The monoisotopic (exact) mass is 346 g/mol. The number of anilines is 1. The predicted octanol–water partition coefficient (Wildman–Crippen LogP) is 1.13. The molecule has 1 unspecified atom stereocenters. The van der Waals surface area contributed by atoms with Crippen LogP contribution in [0.4, 0.5) is 5.69 Å². The molecule has 2 aliphatic rings. The van der Waals surface area contributed by atoms with Crippen molar-refractivity contribution in [1.29, 1.82) is 0 Å². The lowest BCUT2D eigenvalue weighted by Crippen LogP contribution is -2.35. The third-order valence-corrected chi connectivity index (χ3v) is 5.24. The molecule has 0 aromatic heterocycles. The summed E-state index contributed by atoms with van der Waals surface area (Å²) in [6.45, 7) is 9.67. The maximum absolute atomic E-state index is 12.3. The highest BCUT2D eigenvalue weighted by Gasteiger charge is 2.33. The number of likely N-dealkylation sites (tertiary alicyclic amines) is 1. The number of nitrogens with two attached hydrogens (primary N) is 1. The summed E-state index contributed by atoms with van der Waals surface area (Å²) in [6, 6.07) is 8.15. The third kappa shape index (κ3) is 5.25. The number of carbonyl (C=O) groups excluding carboxylic acids is 1. The summed E-state index contributed by atoms with van der Waals surface area (Å²) >= 11 is 0. The van der Waals surface area contributed by atoms with Gasteiger partial charge >= 0.3 is 0 Å². The molecule has 1 aromatic rings. The number of amides is 1. The summed E-state index contributed by atoms with van der Waals surface area (Å²) in [5, 5.41) is 3.00. The number of benzene rings is 1. The zero-order valence-corrected chi connectivity index (χ0v) is 15.2. The molecule has 1 aromatic carbocycles. The van der Waals surface area contributed by atoms with Gasteiger partial charge in [-0.25, -0.2) is 0 Å². The molecule has 3 rings (SSSR count). The van der Waals surface area contributed by atoms with Crippen LogP contribution in [-0.4, -0.2) is 68.2 Å². The van der Waals surface area contributed by atoms with Crippen molar-refractivity contribution in [3.63, 3.8) is 0 Å². The summed E-state index contributed by atoms with van der Waals surface area (Å²) in [4.78, 5) is 16.8. The summed E-state index contributed by atoms with van der Waals surface area (Å²) in [5.74, 6) is 0.0437. The van der Waals surface area contributed by atoms with Crippen LogP contribution >= 0.6 is 0 Å². The highest BCUT2D eigenvalue weighted by atomic mass is 16.5. The van der Waals surface area contributed by atoms with Crippen LogP contribution in [0.3, 0.4) is 0 Å². The van der Waals surface area contributed by atoms with E-state index in [4.69, 9.17) is 10.5 Å². The Kier molecular flexibility index (Phi) is 6.06. The van der Waals surface area contributed by atoms with Gasteiger partial charge in [-0.3, -0.25) is 14.6 Å². The standard InChI is InChI=1S/C19H30N4O2/c1-19(14-20)6-7-23(15-19)13-18(24)21-17-4-2-16(3-5-17)12-22-8-10-25-11-9-22/h2-5H,6-15,20H2,1H3,(H,21,24). The number of hydrogen-bond acceptors (Lipinski definition) is 5. The fraction of sp³-hybridized carbons (Fsp3) is 0.632. The van der Waals surface area contributed by atoms with Gasteiger partial charge in [0.2, 0.25) is 5.91 Å². The van der Waals surface area contributed by atoms with Crippen LogP contribution in [0.5, 0.6) is 0 Å². The lowest BCUT2D eigenvalue weighted by Gasteiger charge is -2.26. The Labute approximate surface area is 150 Å². The molecule has 0 saturated carbocycles. The minimum absolute atomic E-state index is 0.0437. The highest BCUT2D eigenvalue weighted by molar-refractivity contribution is 5.92. The molecule has 0 aliphatic carbocycles. The molecule has 2 saturated heterocycles. The maximum atomic E-state index is 12.3. The van der Waals surface area contributed by atoms with Gasteiger partial charge in [0, 0.05) is 31.9 Å². The molecule has 3 N–H and O–H groups in total. The maximum Gasteiger partial charge on any atom is 0.238 e. The van der Waals surface area contributed by atoms with Gasteiger partial charge < -0.3 is 15.8 Å². The molecule has 6 heteroatoms. The van der Waals surface area contributed by atoms with Crippen LogP contribution in [-0.2, 0) is 16.1 Å². The van der Waals surface area contributed by atoms with Crippen LogP contribution in [0.2, 0.25) is 0 Å². The number of carbonyl (C=O) groups is 1. The predicted molar refractivity (Wildman–Crippen MR) is 99.4 cm³/mol. The molecule has 6 nitrogen and oxygen atoms in total. The summed E-state index contributed by atoms with van der Waals surface area (Å²) < 4.78 is 5.37. The first kappa shape index (κ1) is 18.3. The van der Waals surface area contributed by atoms with Crippen molar-refractivity contribution in [3.05, 3.63) is 29.8 Å². The quantitative estimate of drug-likeness (QED) is 0.808. The van der Waals surface area contributed by atoms with E-state index in [1.165, 1.54) is 5.56 Å². The number of hydrogen-bond donors (Lipinski definition) is 2. The largest absolute Gasteiger partial charge is 0.379 e. The Morgan fingerprint density at radius 3 is 2.56 bits per heavy atom. The summed E-state index contributed by atoms with van der Waals surface area (Å²) in [7, 11) is 0. The molecule has 2 heterocycles. The fourth-order valence-electron chi connectivity index (χ4n) is 3.54. The SMILES string of the molecule is CC1(CN)CCN(CC(=O)Nc2ccc(CN3CCOCC3)cc2)C1. The third-order valence-electron chi connectivity index (χ3n) is 5.24. The molecule has 25 heavy (non-hydrogen) atoms. The highest BCUT2D eigenvalue weighted by Crippen LogP contribution is 2.28. The van der Waals surface area contributed by atoms with Crippen molar-refractivity contribution in [2.45, 2.75) is 19.9 Å². The van der Waals surface area contributed by atoms with Crippen LogP contribution in [0, 0.1) is 5.41 Å². The van der Waals surface area contributed by atoms with E-state index in [9.17, 15) is 4.79 Å². The lowest BCUT2D eigenvalue weighted by molar-refractivity contribution is -0.117. The van der Waals surface area contributed by atoms with Crippen molar-refractivity contribution >= 4 is 11.6 Å². The second kappa shape index (κ2) is 8.27. The molecule has 2 aliphatic heterocycles. The van der Waals surface area contributed by atoms with Gasteiger partial charge in [0.15, 0.2) is 0 Å². The van der Waals surface area contributed by atoms with Gasteiger partial charge in [0.05, 0.1) is 19.8 Å². The Morgan fingerprint density at radius 1 is 1.20 bits per heavy atom. The van der Waals surface area contributed by atoms with E-state index in [1.807, 2.05) is 12.1 Å². The molecule has 1 atom stereocenters. The van der Waals surface area contributed by atoms with E-state index in [2.05, 4.69) is 34.2 Å². The van der Waals surface area contributed by atoms with Crippen LogP contribution < -0.4 is 11.1 Å². The number of ether oxygens (including phenoxy) is 1. The van der Waals surface area contributed by atoms with E-state index in [1.54, 1.807) is 0 Å². The second-order valence-electron chi connectivity index (χ2n) is 7.61. The fourth-order valence-corrected chi connectivity index (χ4v) is 3.54. The number of morpholine rings is 1. The van der Waals surface area contributed by atoms with Gasteiger partial charge in [-0.15, -0.1) is 0 Å². The average Bonchev–Trinajstić information content (AvgIpc) is 2.99. The van der Waals surface area contributed by atoms with Crippen molar-refractivity contribution < 1.29 is 9.53 Å². The van der Waals surface area contributed by atoms with Crippen LogP contribution in [0.15, 0.2) is 24.3 Å². The molecular weight excluding hydrogens is 316 g/mol. The number of nitrogens with zero attached hydrogens (tertiary/aromatic N) is 2. The van der Waals surface area contributed by atoms with Crippen LogP contribution in [0.25, 0.3) is 0 Å². The van der Waals surface area contributed by atoms with Gasteiger partial charge in [-0.1, -0.05) is 19.1 Å². The van der Waals surface area contributed by atoms with Crippen LogP contribution in [0.1, 0.15) is 18.9 Å². The van der Waals surface area contributed by atoms with E-state index >= 15 is 0 Å². The smallest absolute Gasteiger partial charge is 0.238 e. The molecular formula is C19H30N4O2. The van der Waals surface area contributed by atoms with Crippen molar-refractivity contribution in [3.8, 4) is 0 Å². The molecule has 2 fully saturated rings. The summed E-state index contributed by atoms with van der Waals surface area (Å²) in [5.41, 5.74) is 8.10. The van der Waals surface area contributed by atoms with Crippen molar-refractivity contribution in [2.75, 3.05) is 57.8 Å². The number of rotatable bonds is 6. The normalized spacial score (nSPS) is 25.2. The first-order chi connectivity index (χ1) is 12.1. The Balaban J connectivity index is 1.45. The zero-order valence-electron chi connectivity index (χ0n) is 15.2. The molecule has 138 valence electrons. The van der Waals surface area contributed by atoms with Crippen molar-refractivity contribution in [2.24, 2.45) is 11.1 Å². The molecule has 0 bridgehead atoms. The zero-order chi connectivity index (χ0) is 17.7. The van der Waals surface area contributed by atoms with Gasteiger partial charge in [0.1, 0.15) is 0 Å². The Bertz CT molecular complexity index is 571. The van der Waals surface area contributed by atoms with E-state index < -0.39 is 0 Å². The Hall–Kier alpha value is -1.47. The molecule has 1 amide bonds. The second-order valence-corrected chi connectivity index (χ2v) is 7.61.